The van der Waals surface area contributed by atoms with Crippen LogP contribution in [0.15, 0.2) is 18.3 Å². The lowest BCUT2D eigenvalue weighted by molar-refractivity contribution is 0.184. The largest absolute Gasteiger partial charge is 0.399 e. The maximum Gasteiger partial charge on any atom is 0.128 e. The third-order valence-corrected chi connectivity index (χ3v) is 2.00. The minimum atomic E-state index is 0.286. The van der Waals surface area contributed by atoms with E-state index in [9.17, 15) is 0 Å². The first-order valence-corrected chi connectivity index (χ1v) is 4.73. The summed E-state index contributed by atoms with van der Waals surface area (Å²) < 4.78 is 5.08. The smallest absolute Gasteiger partial charge is 0.128 e. The van der Waals surface area contributed by atoms with Gasteiger partial charge in [0.05, 0.1) is 12.6 Å². The summed E-state index contributed by atoms with van der Waals surface area (Å²) in [4.78, 5) is 4.16. The van der Waals surface area contributed by atoms with Crippen LogP contribution in [-0.2, 0) is 4.74 Å². The second-order valence-corrected chi connectivity index (χ2v) is 3.18. The monoisotopic (exact) mass is 195 g/mol. The van der Waals surface area contributed by atoms with E-state index in [1.54, 1.807) is 19.4 Å². The highest BCUT2D eigenvalue weighted by atomic mass is 16.5. The van der Waals surface area contributed by atoms with E-state index in [0.29, 0.717) is 6.61 Å². The van der Waals surface area contributed by atoms with E-state index >= 15 is 0 Å². The van der Waals surface area contributed by atoms with E-state index in [1.807, 2.05) is 6.07 Å². The Labute approximate surface area is 84.5 Å². The molecule has 14 heavy (non-hydrogen) atoms. The third-order valence-electron chi connectivity index (χ3n) is 2.00. The Hall–Kier alpha value is -1.29. The van der Waals surface area contributed by atoms with Crippen molar-refractivity contribution in [2.75, 3.05) is 24.8 Å². The van der Waals surface area contributed by atoms with Crippen molar-refractivity contribution in [1.82, 2.24) is 4.98 Å². The summed E-state index contributed by atoms with van der Waals surface area (Å²) in [5, 5.41) is 3.25. The molecule has 0 radical (unpaired) electrons. The number of aromatic nitrogens is 1. The van der Waals surface area contributed by atoms with Gasteiger partial charge in [0.25, 0.3) is 0 Å². The van der Waals surface area contributed by atoms with E-state index in [1.165, 1.54) is 0 Å². The summed E-state index contributed by atoms with van der Waals surface area (Å²) in [5.41, 5.74) is 6.36. The van der Waals surface area contributed by atoms with Crippen LogP contribution in [0.4, 0.5) is 11.5 Å². The maximum absolute atomic E-state index is 5.64. The molecule has 0 fully saturated rings. The average Bonchev–Trinajstić information content (AvgIpc) is 2.17. The summed E-state index contributed by atoms with van der Waals surface area (Å²) in [6, 6.07) is 3.87. The molecule has 4 nitrogen and oxygen atoms in total. The van der Waals surface area contributed by atoms with Crippen LogP contribution >= 0.6 is 0 Å². The zero-order valence-corrected chi connectivity index (χ0v) is 8.66. The molecule has 1 aromatic rings. The van der Waals surface area contributed by atoms with Crippen LogP contribution in [0.2, 0.25) is 0 Å². The summed E-state index contributed by atoms with van der Waals surface area (Å²) in [6.07, 6.45) is 2.68. The summed E-state index contributed by atoms with van der Waals surface area (Å²) in [7, 11) is 1.69. The molecule has 1 unspecified atom stereocenters. The van der Waals surface area contributed by atoms with Gasteiger partial charge in [-0.15, -0.1) is 0 Å². The molecule has 0 aliphatic rings. The van der Waals surface area contributed by atoms with Gasteiger partial charge in [-0.25, -0.2) is 4.98 Å². The molecule has 0 amide bonds. The van der Waals surface area contributed by atoms with E-state index < -0.39 is 0 Å². The Kier molecular flexibility index (Phi) is 4.19. The molecule has 3 N–H and O–H groups in total. The molecule has 0 saturated carbocycles. The fourth-order valence-corrected chi connectivity index (χ4v) is 1.20. The number of nitrogens with zero attached hydrogens (tertiary/aromatic N) is 1. The lowest BCUT2D eigenvalue weighted by Crippen LogP contribution is -2.24. The molecular formula is C10H17N3O. The number of anilines is 2. The number of ether oxygens (including phenoxy) is 1. The van der Waals surface area contributed by atoms with Crippen molar-refractivity contribution in [3.8, 4) is 0 Å². The Balaban J connectivity index is 2.57. The van der Waals surface area contributed by atoms with Crippen LogP contribution in [0.3, 0.4) is 0 Å². The molecule has 1 rings (SSSR count). The number of nitrogens with two attached hydrogens (primary N) is 1. The molecule has 0 bridgehead atoms. The van der Waals surface area contributed by atoms with Gasteiger partial charge in [0, 0.05) is 25.1 Å². The second-order valence-electron chi connectivity index (χ2n) is 3.18. The highest BCUT2D eigenvalue weighted by molar-refractivity contribution is 5.48. The number of rotatable bonds is 5. The zero-order valence-electron chi connectivity index (χ0n) is 8.66. The fourth-order valence-electron chi connectivity index (χ4n) is 1.20. The van der Waals surface area contributed by atoms with Gasteiger partial charge in [0.1, 0.15) is 5.82 Å². The van der Waals surface area contributed by atoms with Crippen molar-refractivity contribution in [2.24, 2.45) is 0 Å². The minimum Gasteiger partial charge on any atom is -0.399 e. The number of nitrogens with one attached hydrogen (secondary N) is 1. The molecule has 78 valence electrons. The molecule has 4 heteroatoms. The van der Waals surface area contributed by atoms with E-state index in [4.69, 9.17) is 10.5 Å². The van der Waals surface area contributed by atoms with Gasteiger partial charge in [0.15, 0.2) is 0 Å². The normalized spacial score (nSPS) is 12.4. The number of pyridine rings is 1. The molecule has 0 spiro atoms. The van der Waals surface area contributed by atoms with Gasteiger partial charge in [-0.3, -0.25) is 0 Å². The highest BCUT2D eigenvalue weighted by Gasteiger charge is 2.05. The lowest BCUT2D eigenvalue weighted by Gasteiger charge is -2.16. The van der Waals surface area contributed by atoms with Crippen LogP contribution in [0.1, 0.15) is 13.3 Å². The van der Waals surface area contributed by atoms with E-state index in [-0.39, 0.29) is 6.04 Å². The van der Waals surface area contributed by atoms with Crippen LogP contribution < -0.4 is 11.1 Å². The summed E-state index contributed by atoms with van der Waals surface area (Å²) >= 11 is 0. The first-order chi connectivity index (χ1) is 6.76. The molecule has 0 saturated heterocycles. The van der Waals surface area contributed by atoms with Crippen molar-refractivity contribution in [1.29, 1.82) is 0 Å². The predicted octanol–water partition coefficient (Wildman–Crippen LogP) is 1.50. The van der Waals surface area contributed by atoms with Gasteiger partial charge >= 0.3 is 0 Å². The molecule has 1 aromatic heterocycles. The predicted molar refractivity (Wildman–Crippen MR) is 58.2 cm³/mol. The van der Waals surface area contributed by atoms with E-state index in [2.05, 4.69) is 17.2 Å². The fraction of sp³-hybridized carbons (Fsp3) is 0.500. The van der Waals surface area contributed by atoms with Crippen molar-refractivity contribution in [3.63, 3.8) is 0 Å². The standard InChI is InChI=1S/C10H17N3O/c1-3-9(7-14-2)13-10-6-8(11)4-5-12-10/h4-6,9H,3,7H2,1-2H3,(H3,11,12,13). The van der Waals surface area contributed by atoms with Crippen LogP contribution in [-0.4, -0.2) is 24.7 Å². The second kappa shape index (κ2) is 5.44. The quantitative estimate of drug-likeness (QED) is 0.747. The third kappa shape index (κ3) is 3.22. The van der Waals surface area contributed by atoms with Crippen molar-refractivity contribution in [2.45, 2.75) is 19.4 Å². The van der Waals surface area contributed by atoms with Crippen LogP contribution in [0.25, 0.3) is 0 Å². The Morgan fingerprint density at radius 1 is 1.64 bits per heavy atom. The number of hydrogen-bond acceptors (Lipinski definition) is 4. The van der Waals surface area contributed by atoms with Crippen molar-refractivity contribution >= 4 is 11.5 Å². The summed E-state index contributed by atoms with van der Waals surface area (Å²) in [5.74, 6) is 0.800. The molecule has 1 heterocycles. The Morgan fingerprint density at radius 3 is 3.00 bits per heavy atom. The first-order valence-electron chi connectivity index (χ1n) is 4.73. The first kappa shape index (κ1) is 10.8. The molecule has 1 atom stereocenters. The SMILES string of the molecule is CCC(COC)Nc1cc(N)ccn1. The molecule has 0 aliphatic heterocycles. The molecule has 0 aliphatic carbocycles. The highest BCUT2D eigenvalue weighted by Crippen LogP contribution is 2.10. The summed E-state index contributed by atoms with van der Waals surface area (Å²) in [6.45, 7) is 2.77. The Bertz CT molecular complexity index is 278. The lowest BCUT2D eigenvalue weighted by atomic mass is 10.2. The van der Waals surface area contributed by atoms with Crippen LogP contribution in [0, 0.1) is 0 Å². The maximum atomic E-state index is 5.64. The average molecular weight is 195 g/mol. The zero-order chi connectivity index (χ0) is 10.4. The molecular weight excluding hydrogens is 178 g/mol. The number of nitrogen functional groups attached to an aromatic ring is 1. The van der Waals surface area contributed by atoms with Crippen molar-refractivity contribution < 1.29 is 4.74 Å². The Morgan fingerprint density at radius 2 is 2.43 bits per heavy atom. The number of hydrogen-bond donors (Lipinski definition) is 2. The topological polar surface area (TPSA) is 60.2 Å². The minimum absolute atomic E-state index is 0.286. The van der Waals surface area contributed by atoms with Crippen molar-refractivity contribution in [3.05, 3.63) is 18.3 Å². The van der Waals surface area contributed by atoms with E-state index in [0.717, 1.165) is 17.9 Å². The van der Waals surface area contributed by atoms with Gasteiger partial charge in [-0.05, 0) is 12.5 Å². The van der Waals surface area contributed by atoms with Gasteiger partial charge in [0.2, 0.25) is 0 Å². The number of methoxy groups -OCH3 is 1. The van der Waals surface area contributed by atoms with Gasteiger partial charge < -0.3 is 15.8 Å². The van der Waals surface area contributed by atoms with Gasteiger partial charge in [-0.2, -0.15) is 0 Å². The molecule has 0 aromatic carbocycles. The van der Waals surface area contributed by atoms with Gasteiger partial charge in [-0.1, -0.05) is 6.92 Å². The van der Waals surface area contributed by atoms with Crippen LogP contribution in [0.5, 0.6) is 0 Å².